The standard InChI is InChI=1S/C18H31N3O2.HI/c1-2-22-14-7-12-19-18(21-16-8-4-3-5-9-16)20-13-11-17-10-6-15-23-17;/h6,10,15-16H,2-5,7-9,11-14H2,1H3,(H2,19,20,21);1H. The van der Waals surface area contributed by atoms with Crippen molar-refractivity contribution in [3.8, 4) is 0 Å². The van der Waals surface area contributed by atoms with E-state index in [1.165, 1.54) is 32.1 Å². The predicted molar refractivity (Wildman–Crippen MR) is 109 cm³/mol. The normalized spacial score (nSPS) is 15.8. The van der Waals surface area contributed by atoms with Crippen LogP contribution in [0.1, 0.15) is 51.2 Å². The minimum atomic E-state index is 0. The summed E-state index contributed by atoms with van der Waals surface area (Å²) in [6, 6.07) is 4.50. The molecule has 1 aromatic rings. The van der Waals surface area contributed by atoms with E-state index in [2.05, 4.69) is 10.6 Å². The van der Waals surface area contributed by atoms with Crippen molar-refractivity contribution in [3.05, 3.63) is 24.2 Å². The molecule has 6 heteroatoms. The Labute approximate surface area is 163 Å². The number of nitrogens with one attached hydrogen (secondary N) is 2. The summed E-state index contributed by atoms with van der Waals surface area (Å²) in [5.41, 5.74) is 0. The molecule has 1 saturated carbocycles. The Bertz CT molecular complexity index is 431. The lowest BCUT2D eigenvalue weighted by Crippen LogP contribution is -2.45. The number of hydrogen-bond acceptors (Lipinski definition) is 3. The molecule has 1 heterocycles. The van der Waals surface area contributed by atoms with Gasteiger partial charge in [0.1, 0.15) is 5.76 Å². The quantitative estimate of drug-likeness (QED) is 0.261. The number of nitrogens with zero attached hydrogens (tertiary/aromatic N) is 1. The molecule has 0 unspecified atom stereocenters. The van der Waals surface area contributed by atoms with Gasteiger partial charge >= 0.3 is 0 Å². The van der Waals surface area contributed by atoms with Gasteiger partial charge < -0.3 is 19.8 Å². The van der Waals surface area contributed by atoms with Crippen LogP contribution in [-0.4, -0.2) is 38.3 Å². The van der Waals surface area contributed by atoms with Gasteiger partial charge in [-0.2, -0.15) is 0 Å². The fraction of sp³-hybridized carbons (Fsp3) is 0.722. The average Bonchev–Trinajstić information content (AvgIpc) is 3.09. The van der Waals surface area contributed by atoms with Gasteiger partial charge in [-0.3, -0.25) is 4.99 Å². The van der Waals surface area contributed by atoms with E-state index in [1.807, 2.05) is 19.1 Å². The van der Waals surface area contributed by atoms with Gasteiger partial charge in [0.2, 0.25) is 0 Å². The van der Waals surface area contributed by atoms with Crippen LogP contribution in [0, 0.1) is 0 Å². The van der Waals surface area contributed by atoms with E-state index in [9.17, 15) is 0 Å². The maximum Gasteiger partial charge on any atom is 0.191 e. The number of guanidine groups is 1. The Morgan fingerprint density at radius 2 is 2.17 bits per heavy atom. The van der Waals surface area contributed by atoms with Gasteiger partial charge in [0.05, 0.1) is 6.26 Å². The molecule has 24 heavy (non-hydrogen) atoms. The first-order chi connectivity index (χ1) is 11.4. The van der Waals surface area contributed by atoms with Crippen molar-refractivity contribution < 1.29 is 9.15 Å². The van der Waals surface area contributed by atoms with Crippen molar-refractivity contribution in [1.82, 2.24) is 10.6 Å². The number of rotatable bonds is 9. The molecular weight excluding hydrogens is 417 g/mol. The lowest BCUT2D eigenvalue weighted by molar-refractivity contribution is 0.146. The first-order valence-corrected chi connectivity index (χ1v) is 9.03. The fourth-order valence-corrected chi connectivity index (χ4v) is 2.85. The molecule has 0 radical (unpaired) electrons. The molecule has 0 aliphatic heterocycles. The molecule has 1 aliphatic carbocycles. The zero-order valence-electron chi connectivity index (χ0n) is 14.8. The SMILES string of the molecule is CCOCCCN=C(NCCc1ccco1)NC1CCCCC1.I. The molecule has 1 aliphatic rings. The monoisotopic (exact) mass is 449 g/mol. The molecule has 5 nitrogen and oxygen atoms in total. The smallest absolute Gasteiger partial charge is 0.191 e. The van der Waals surface area contributed by atoms with Crippen molar-refractivity contribution >= 4 is 29.9 Å². The largest absolute Gasteiger partial charge is 0.469 e. The van der Waals surface area contributed by atoms with Crippen molar-refractivity contribution in [1.29, 1.82) is 0 Å². The van der Waals surface area contributed by atoms with Crippen LogP contribution >= 0.6 is 24.0 Å². The average molecular weight is 449 g/mol. The van der Waals surface area contributed by atoms with Gasteiger partial charge in [-0.15, -0.1) is 24.0 Å². The van der Waals surface area contributed by atoms with Gasteiger partial charge in [0.15, 0.2) is 5.96 Å². The number of hydrogen-bond donors (Lipinski definition) is 2. The van der Waals surface area contributed by atoms with Crippen LogP contribution in [0.5, 0.6) is 0 Å². The Balaban J connectivity index is 0.00000288. The molecule has 2 rings (SSSR count). The van der Waals surface area contributed by atoms with Crippen molar-refractivity contribution in [2.45, 2.75) is 57.9 Å². The highest BCUT2D eigenvalue weighted by atomic mass is 127. The highest BCUT2D eigenvalue weighted by molar-refractivity contribution is 14.0. The number of ether oxygens (including phenoxy) is 1. The number of furan rings is 1. The molecule has 1 aromatic heterocycles. The van der Waals surface area contributed by atoms with Crippen molar-refractivity contribution in [2.24, 2.45) is 4.99 Å². The third-order valence-electron chi connectivity index (χ3n) is 4.11. The maximum atomic E-state index is 5.37. The lowest BCUT2D eigenvalue weighted by atomic mass is 9.96. The van der Waals surface area contributed by atoms with E-state index in [-0.39, 0.29) is 24.0 Å². The molecule has 2 N–H and O–H groups in total. The van der Waals surface area contributed by atoms with E-state index in [1.54, 1.807) is 6.26 Å². The van der Waals surface area contributed by atoms with Crippen LogP contribution in [0.4, 0.5) is 0 Å². The molecule has 0 spiro atoms. The molecule has 0 aromatic carbocycles. The summed E-state index contributed by atoms with van der Waals surface area (Å²) in [5, 5.41) is 7.03. The van der Waals surface area contributed by atoms with Crippen LogP contribution in [-0.2, 0) is 11.2 Å². The molecular formula is C18H32IN3O2. The van der Waals surface area contributed by atoms with E-state index >= 15 is 0 Å². The van der Waals surface area contributed by atoms with Crippen molar-refractivity contribution in [3.63, 3.8) is 0 Å². The van der Waals surface area contributed by atoms with Gasteiger partial charge in [-0.05, 0) is 38.3 Å². The Morgan fingerprint density at radius 1 is 1.33 bits per heavy atom. The van der Waals surface area contributed by atoms with E-state index < -0.39 is 0 Å². The second kappa shape index (κ2) is 13.5. The van der Waals surface area contributed by atoms with Crippen LogP contribution in [0.25, 0.3) is 0 Å². The van der Waals surface area contributed by atoms with Crippen molar-refractivity contribution in [2.75, 3.05) is 26.3 Å². The van der Waals surface area contributed by atoms with Crippen LogP contribution in [0.15, 0.2) is 27.8 Å². The van der Waals surface area contributed by atoms with Crippen LogP contribution in [0.3, 0.4) is 0 Å². The van der Waals surface area contributed by atoms with E-state index in [0.29, 0.717) is 6.04 Å². The van der Waals surface area contributed by atoms with Gasteiger partial charge in [0.25, 0.3) is 0 Å². The number of halogens is 1. The third kappa shape index (κ3) is 8.92. The highest BCUT2D eigenvalue weighted by Gasteiger charge is 2.14. The Hall–Kier alpha value is -0.760. The third-order valence-corrected chi connectivity index (χ3v) is 4.11. The molecule has 0 amide bonds. The zero-order valence-corrected chi connectivity index (χ0v) is 17.1. The molecule has 138 valence electrons. The fourth-order valence-electron chi connectivity index (χ4n) is 2.85. The molecule has 0 saturated heterocycles. The van der Waals surface area contributed by atoms with Gasteiger partial charge in [0, 0.05) is 38.8 Å². The minimum absolute atomic E-state index is 0. The molecule has 1 fully saturated rings. The maximum absolute atomic E-state index is 5.37. The van der Waals surface area contributed by atoms with E-state index in [4.69, 9.17) is 14.1 Å². The van der Waals surface area contributed by atoms with Crippen LogP contribution in [0.2, 0.25) is 0 Å². The summed E-state index contributed by atoms with van der Waals surface area (Å²) in [4.78, 5) is 4.69. The summed E-state index contributed by atoms with van der Waals surface area (Å²) in [7, 11) is 0. The Morgan fingerprint density at radius 3 is 2.88 bits per heavy atom. The first kappa shape index (κ1) is 21.3. The second-order valence-electron chi connectivity index (χ2n) is 6.02. The summed E-state index contributed by atoms with van der Waals surface area (Å²) in [6.45, 7) is 5.21. The summed E-state index contributed by atoms with van der Waals surface area (Å²) >= 11 is 0. The zero-order chi connectivity index (χ0) is 16.2. The topological polar surface area (TPSA) is 58.8 Å². The number of aliphatic imine (C=N–C) groups is 1. The van der Waals surface area contributed by atoms with Gasteiger partial charge in [-0.1, -0.05) is 19.3 Å². The van der Waals surface area contributed by atoms with Crippen LogP contribution < -0.4 is 10.6 Å². The summed E-state index contributed by atoms with van der Waals surface area (Å²) in [5.74, 6) is 1.94. The van der Waals surface area contributed by atoms with Gasteiger partial charge in [-0.25, -0.2) is 0 Å². The highest BCUT2D eigenvalue weighted by Crippen LogP contribution is 2.17. The summed E-state index contributed by atoms with van der Waals surface area (Å²) < 4.78 is 10.7. The van der Waals surface area contributed by atoms with E-state index in [0.717, 1.165) is 50.9 Å². The molecule has 0 atom stereocenters. The molecule has 0 bridgehead atoms. The first-order valence-electron chi connectivity index (χ1n) is 9.03. The lowest BCUT2D eigenvalue weighted by Gasteiger charge is -2.25. The predicted octanol–water partition coefficient (Wildman–Crippen LogP) is 3.73. The Kier molecular flexibility index (Phi) is 12.0. The second-order valence-corrected chi connectivity index (χ2v) is 6.02. The summed E-state index contributed by atoms with van der Waals surface area (Å²) in [6.07, 6.45) is 10.1. The minimum Gasteiger partial charge on any atom is -0.469 e.